The van der Waals surface area contributed by atoms with Crippen LogP contribution in [0.3, 0.4) is 0 Å². The number of hydrogen-bond acceptors (Lipinski definition) is 2. The summed E-state index contributed by atoms with van der Waals surface area (Å²) < 4.78 is 5.95. The third-order valence-electron chi connectivity index (χ3n) is 3.53. The molecule has 1 N–H and O–H groups in total. The second-order valence-corrected chi connectivity index (χ2v) is 5.15. The summed E-state index contributed by atoms with van der Waals surface area (Å²) in [6.45, 7) is 0. The van der Waals surface area contributed by atoms with Crippen LogP contribution in [0.25, 0.3) is 10.8 Å². The molecule has 0 aliphatic heterocycles. The molecule has 1 aliphatic carbocycles. The van der Waals surface area contributed by atoms with E-state index in [4.69, 9.17) is 16.3 Å². The molecule has 0 amide bonds. The van der Waals surface area contributed by atoms with E-state index in [9.17, 15) is 5.11 Å². The van der Waals surface area contributed by atoms with Crippen molar-refractivity contribution in [3.05, 3.63) is 41.4 Å². The predicted molar refractivity (Wildman–Crippen MR) is 73.2 cm³/mol. The smallest absolute Gasteiger partial charge is 0.127 e. The van der Waals surface area contributed by atoms with E-state index in [0.717, 1.165) is 40.8 Å². The Labute approximate surface area is 111 Å². The van der Waals surface area contributed by atoms with Gasteiger partial charge in [-0.2, -0.15) is 0 Å². The maximum atomic E-state index is 9.83. The normalized spacial score (nSPS) is 23.4. The molecule has 18 heavy (non-hydrogen) atoms. The Bertz CT molecular complexity index is 567. The van der Waals surface area contributed by atoms with Gasteiger partial charge in [-0.15, -0.1) is 0 Å². The maximum absolute atomic E-state index is 9.83. The van der Waals surface area contributed by atoms with Crippen molar-refractivity contribution >= 4 is 22.4 Å². The van der Waals surface area contributed by atoms with Gasteiger partial charge in [0.25, 0.3) is 0 Å². The van der Waals surface area contributed by atoms with Crippen LogP contribution in [0, 0.1) is 0 Å². The number of fused-ring (bicyclic) bond motifs is 1. The predicted octanol–water partition coefficient (Wildman–Crippen LogP) is 3.79. The molecule has 0 saturated heterocycles. The van der Waals surface area contributed by atoms with E-state index in [1.54, 1.807) is 0 Å². The number of rotatable bonds is 2. The molecule has 2 aromatic rings. The lowest BCUT2D eigenvalue weighted by Gasteiger charge is -2.18. The van der Waals surface area contributed by atoms with E-state index in [1.807, 2.05) is 36.4 Å². The third-order valence-corrected chi connectivity index (χ3v) is 3.86. The monoisotopic (exact) mass is 262 g/mol. The highest BCUT2D eigenvalue weighted by molar-refractivity contribution is 6.35. The number of aliphatic hydroxyl groups excluding tert-OH is 1. The lowest BCUT2D eigenvalue weighted by molar-refractivity contribution is 0.0614. The van der Waals surface area contributed by atoms with Crippen molar-refractivity contribution in [1.29, 1.82) is 0 Å². The lowest BCUT2D eigenvalue weighted by atomic mass is 10.1. The van der Waals surface area contributed by atoms with Gasteiger partial charge in [0.15, 0.2) is 0 Å². The molecule has 0 aromatic heterocycles. The molecule has 94 valence electrons. The summed E-state index contributed by atoms with van der Waals surface area (Å²) in [5.41, 5.74) is 0. The molecule has 1 saturated carbocycles. The highest BCUT2D eigenvalue weighted by atomic mass is 35.5. The Hall–Kier alpha value is -1.25. The minimum absolute atomic E-state index is 0.0884. The van der Waals surface area contributed by atoms with Crippen LogP contribution in [0.1, 0.15) is 19.3 Å². The van der Waals surface area contributed by atoms with Gasteiger partial charge in [0, 0.05) is 15.8 Å². The third kappa shape index (κ3) is 2.06. The molecule has 3 rings (SSSR count). The highest BCUT2D eigenvalue weighted by Gasteiger charge is 2.27. The number of ether oxygens (including phenoxy) is 1. The average Bonchev–Trinajstić information content (AvgIpc) is 2.79. The Balaban J connectivity index is 1.99. The van der Waals surface area contributed by atoms with Crippen molar-refractivity contribution in [2.45, 2.75) is 31.5 Å². The first-order valence-corrected chi connectivity index (χ1v) is 6.65. The SMILES string of the molecule is OC1CCCC1Oc1ccc(Cl)c2ccccc12. The summed E-state index contributed by atoms with van der Waals surface area (Å²) in [6, 6.07) is 11.6. The van der Waals surface area contributed by atoms with E-state index < -0.39 is 0 Å². The van der Waals surface area contributed by atoms with Gasteiger partial charge < -0.3 is 9.84 Å². The molecule has 2 aromatic carbocycles. The van der Waals surface area contributed by atoms with Gasteiger partial charge >= 0.3 is 0 Å². The van der Waals surface area contributed by atoms with E-state index >= 15 is 0 Å². The Morgan fingerprint density at radius 3 is 2.56 bits per heavy atom. The van der Waals surface area contributed by atoms with Crippen LogP contribution in [0.2, 0.25) is 5.02 Å². The van der Waals surface area contributed by atoms with Gasteiger partial charge in [-0.05, 0) is 31.4 Å². The first-order chi connectivity index (χ1) is 8.75. The summed E-state index contributed by atoms with van der Waals surface area (Å²) in [5.74, 6) is 0.806. The van der Waals surface area contributed by atoms with Crippen LogP contribution < -0.4 is 4.74 Å². The van der Waals surface area contributed by atoms with Gasteiger partial charge in [0.05, 0.1) is 6.10 Å². The van der Waals surface area contributed by atoms with Gasteiger partial charge in [-0.25, -0.2) is 0 Å². The van der Waals surface area contributed by atoms with E-state index in [2.05, 4.69) is 0 Å². The standard InChI is InChI=1S/C15H15ClO2/c16-12-8-9-14(11-5-2-1-4-10(11)12)18-15-7-3-6-13(15)17/h1-2,4-5,8-9,13,15,17H,3,6-7H2. The summed E-state index contributed by atoms with van der Waals surface area (Å²) in [7, 11) is 0. The first kappa shape index (κ1) is 11.8. The van der Waals surface area contributed by atoms with Crippen molar-refractivity contribution in [3.63, 3.8) is 0 Å². The van der Waals surface area contributed by atoms with Crippen molar-refractivity contribution in [2.24, 2.45) is 0 Å². The minimum Gasteiger partial charge on any atom is -0.487 e. The minimum atomic E-state index is -0.348. The van der Waals surface area contributed by atoms with Crippen LogP contribution in [0.4, 0.5) is 0 Å². The van der Waals surface area contributed by atoms with Crippen LogP contribution in [0.5, 0.6) is 5.75 Å². The molecule has 2 atom stereocenters. The number of halogens is 1. The largest absolute Gasteiger partial charge is 0.487 e. The second-order valence-electron chi connectivity index (χ2n) is 4.75. The van der Waals surface area contributed by atoms with Gasteiger partial charge in [-0.1, -0.05) is 35.9 Å². The van der Waals surface area contributed by atoms with Crippen LogP contribution in [0.15, 0.2) is 36.4 Å². The molecule has 0 radical (unpaired) electrons. The van der Waals surface area contributed by atoms with Gasteiger partial charge in [0.1, 0.15) is 11.9 Å². The molecule has 0 heterocycles. The average molecular weight is 263 g/mol. The number of hydrogen-bond donors (Lipinski definition) is 1. The molecule has 2 unspecified atom stereocenters. The molecule has 3 heteroatoms. The number of aliphatic hydroxyl groups is 1. The van der Waals surface area contributed by atoms with E-state index in [1.165, 1.54) is 0 Å². The van der Waals surface area contributed by atoms with Gasteiger partial charge in [-0.3, -0.25) is 0 Å². The van der Waals surface area contributed by atoms with Crippen molar-refractivity contribution in [3.8, 4) is 5.75 Å². The second kappa shape index (κ2) is 4.79. The Morgan fingerprint density at radius 2 is 1.83 bits per heavy atom. The van der Waals surface area contributed by atoms with E-state index in [-0.39, 0.29) is 12.2 Å². The molecule has 2 nitrogen and oxygen atoms in total. The topological polar surface area (TPSA) is 29.5 Å². The quantitative estimate of drug-likeness (QED) is 0.892. The first-order valence-electron chi connectivity index (χ1n) is 6.27. The van der Waals surface area contributed by atoms with Crippen molar-refractivity contribution in [1.82, 2.24) is 0 Å². The van der Waals surface area contributed by atoms with Crippen LogP contribution in [-0.2, 0) is 0 Å². The highest BCUT2D eigenvalue weighted by Crippen LogP contribution is 2.33. The Morgan fingerprint density at radius 1 is 1.06 bits per heavy atom. The van der Waals surface area contributed by atoms with E-state index in [0.29, 0.717) is 0 Å². The Kier molecular flexibility index (Phi) is 3.14. The number of benzene rings is 2. The fraction of sp³-hybridized carbons (Fsp3) is 0.333. The molecule has 0 spiro atoms. The van der Waals surface area contributed by atoms with Gasteiger partial charge in [0.2, 0.25) is 0 Å². The maximum Gasteiger partial charge on any atom is 0.127 e. The summed E-state index contributed by atoms with van der Waals surface area (Å²) in [4.78, 5) is 0. The van der Waals surface area contributed by atoms with Crippen LogP contribution in [-0.4, -0.2) is 17.3 Å². The lowest BCUT2D eigenvalue weighted by Crippen LogP contribution is -2.25. The molecule has 0 bridgehead atoms. The zero-order valence-corrected chi connectivity index (χ0v) is 10.7. The fourth-order valence-corrected chi connectivity index (χ4v) is 2.77. The van der Waals surface area contributed by atoms with Crippen molar-refractivity contribution in [2.75, 3.05) is 0 Å². The van der Waals surface area contributed by atoms with Crippen LogP contribution >= 0.6 is 11.6 Å². The zero-order valence-electron chi connectivity index (χ0n) is 9.97. The van der Waals surface area contributed by atoms with Crippen molar-refractivity contribution < 1.29 is 9.84 Å². The molecule has 1 aliphatic rings. The summed E-state index contributed by atoms with van der Waals surface area (Å²) in [6.07, 6.45) is 2.33. The fourth-order valence-electron chi connectivity index (χ4n) is 2.54. The zero-order chi connectivity index (χ0) is 12.5. The molecular weight excluding hydrogens is 248 g/mol. The molecular formula is C15H15ClO2. The molecule has 1 fully saturated rings. The summed E-state index contributed by atoms with van der Waals surface area (Å²) in [5, 5.41) is 12.5. The summed E-state index contributed by atoms with van der Waals surface area (Å²) >= 11 is 6.17.